The third-order valence-corrected chi connectivity index (χ3v) is 3.22. The minimum Gasteiger partial charge on any atom is -0.480 e. The Hall–Kier alpha value is -1.33. The van der Waals surface area contributed by atoms with Gasteiger partial charge in [-0.05, 0) is 24.6 Å². The molecule has 0 spiro atoms. The Kier molecular flexibility index (Phi) is 2.98. The van der Waals surface area contributed by atoms with E-state index in [0.717, 1.165) is 15.8 Å². The zero-order valence-electron chi connectivity index (χ0n) is 8.45. The number of fused-ring (bicyclic) bond motifs is 1. The van der Waals surface area contributed by atoms with Crippen LogP contribution in [0.2, 0.25) is 5.02 Å². The SMILES string of the molecule is Cc1cc(Cl)cc2sc(NCC(=O)O)nc12. The normalized spacial score (nSPS) is 10.6. The molecule has 0 fully saturated rings. The maximum atomic E-state index is 10.4. The number of carboxylic acid groups (broad SMARTS) is 1. The molecule has 1 heterocycles. The summed E-state index contributed by atoms with van der Waals surface area (Å²) in [5.41, 5.74) is 1.85. The summed E-state index contributed by atoms with van der Waals surface area (Å²) < 4.78 is 0.956. The van der Waals surface area contributed by atoms with Crippen molar-refractivity contribution in [2.75, 3.05) is 11.9 Å². The van der Waals surface area contributed by atoms with Crippen LogP contribution < -0.4 is 5.32 Å². The number of aromatic nitrogens is 1. The molecule has 2 rings (SSSR count). The van der Waals surface area contributed by atoms with Gasteiger partial charge in [0.25, 0.3) is 0 Å². The Morgan fingerprint density at radius 2 is 2.38 bits per heavy atom. The largest absolute Gasteiger partial charge is 0.480 e. The quantitative estimate of drug-likeness (QED) is 0.886. The Balaban J connectivity index is 2.36. The summed E-state index contributed by atoms with van der Waals surface area (Å²) in [5.74, 6) is -0.908. The number of thiazole rings is 1. The molecule has 0 radical (unpaired) electrons. The number of aryl methyl sites for hydroxylation is 1. The molecule has 0 bridgehead atoms. The molecule has 1 aromatic carbocycles. The van der Waals surface area contributed by atoms with Crippen LogP contribution in [0, 0.1) is 6.92 Å². The number of rotatable bonds is 3. The minimum absolute atomic E-state index is 0.132. The van der Waals surface area contributed by atoms with E-state index in [1.165, 1.54) is 11.3 Å². The molecule has 4 nitrogen and oxygen atoms in total. The molecule has 0 saturated carbocycles. The van der Waals surface area contributed by atoms with Gasteiger partial charge in [-0.15, -0.1) is 0 Å². The molecule has 84 valence electrons. The molecular weight excluding hydrogens is 248 g/mol. The van der Waals surface area contributed by atoms with Gasteiger partial charge >= 0.3 is 5.97 Å². The van der Waals surface area contributed by atoms with Gasteiger partial charge in [0.05, 0.1) is 10.2 Å². The molecule has 16 heavy (non-hydrogen) atoms. The van der Waals surface area contributed by atoms with Crippen molar-refractivity contribution in [2.45, 2.75) is 6.92 Å². The molecule has 0 amide bonds. The highest BCUT2D eigenvalue weighted by Crippen LogP contribution is 2.30. The lowest BCUT2D eigenvalue weighted by Crippen LogP contribution is -2.11. The predicted octanol–water partition coefficient (Wildman–Crippen LogP) is 2.75. The number of anilines is 1. The van der Waals surface area contributed by atoms with Gasteiger partial charge in [-0.25, -0.2) is 4.98 Å². The fourth-order valence-corrected chi connectivity index (χ4v) is 2.70. The van der Waals surface area contributed by atoms with E-state index in [4.69, 9.17) is 16.7 Å². The second-order valence-electron chi connectivity index (χ2n) is 3.34. The second kappa shape index (κ2) is 4.27. The Morgan fingerprint density at radius 1 is 1.62 bits per heavy atom. The van der Waals surface area contributed by atoms with Crippen molar-refractivity contribution in [2.24, 2.45) is 0 Å². The monoisotopic (exact) mass is 256 g/mol. The fourth-order valence-electron chi connectivity index (χ4n) is 1.38. The van der Waals surface area contributed by atoms with E-state index in [2.05, 4.69) is 10.3 Å². The van der Waals surface area contributed by atoms with E-state index >= 15 is 0 Å². The highest BCUT2D eigenvalue weighted by atomic mass is 35.5. The number of hydrogen-bond acceptors (Lipinski definition) is 4. The molecule has 0 atom stereocenters. The maximum absolute atomic E-state index is 10.4. The third-order valence-electron chi connectivity index (χ3n) is 2.04. The summed E-state index contributed by atoms with van der Waals surface area (Å²) in [6, 6.07) is 3.66. The van der Waals surface area contributed by atoms with Crippen molar-refractivity contribution in [1.29, 1.82) is 0 Å². The second-order valence-corrected chi connectivity index (χ2v) is 4.80. The molecule has 6 heteroatoms. The van der Waals surface area contributed by atoms with Crippen LogP contribution in [-0.4, -0.2) is 22.6 Å². The van der Waals surface area contributed by atoms with Crippen molar-refractivity contribution in [1.82, 2.24) is 4.98 Å². The van der Waals surface area contributed by atoms with Crippen LogP contribution in [0.3, 0.4) is 0 Å². The summed E-state index contributed by atoms with van der Waals surface area (Å²) in [6.45, 7) is 1.79. The van der Waals surface area contributed by atoms with Gasteiger partial charge in [0, 0.05) is 5.02 Å². The van der Waals surface area contributed by atoms with E-state index < -0.39 is 5.97 Å². The van der Waals surface area contributed by atoms with Gasteiger partial charge in [0.1, 0.15) is 6.54 Å². The number of nitrogens with one attached hydrogen (secondary N) is 1. The van der Waals surface area contributed by atoms with Gasteiger partial charge < -0.3 is 10.4 Å². The lowest BCUT2D eigenvalue weighted by atomic mass is 10.2. The molecule has 2 N–H and O–H groups in total. The summed E-state index contributed by atoms with van der Waals surface area (Å²) in [7, 11) is 0. The van der Waals surface area contributed by atoms with Crippen LogP contribution in [0.1, 0.15) is 5.56 Å². The highest BCUT2D eigenvalue weighted by Gasteiger charge is 2.08. The number of carbonyl (C=O) groups is 1. The summed E-state index contributed by atoms with van der Waals surface area (Å²) in [6.07, 6.45) is 0. The number of carboxylic acids is 1. The zero-order chi connectivity index (χ0) is 11.7. The molecule has 0 saturated heterocycles. The van der Waals surface area contributed by atoms with Crippen LogP contribution in [-0.2, 0) is 4.79 Å². The number of halogens is 1. The first-order chi connectivity index (χ1) is 7.56. The molecule has 0 aliphatic heterocycles. The van der Waals surface area contributed by atoms with Crippen molar-refractivity contribution < 1.29 is 9.90 Å². The van der Waals surface area contributed by atoms with Crippen LogP contribution >= 0.6 is 22.9 Å². The minimum atomic E-state index is -0.908. The van der Waals surface area contributed by atoms with Crippen molar-refractivity contribution in [3.63, 3.8) is 0 Å². The summed E-state index contributed by atoms with van der Waals surface area (Å²) in [5, 5.41) is 12.6. The Bertz CT molecular complexity index is 553. The average Bonchev–Trinajstić information content (AvgIpc) is 2.57. The fraction of sp³-hybridized carbons (Fsp3) is 0.200. The Labute approximate surface area is 101 Å². The first-order valence-corrected chi connectivity index (χ1v) is 5.78. The van der Waals surface area contributed by atoms with Crippen LogP contribution in [0.4, 0.5) is 5.13 Å². The summed E-state index contributed by atoms with van der Waals surface area (Å²) in [4.78, 5) is 14.7. The van der Waals surface area contributed by atoms with E-state index in [1.54, 1.807) is 0 Å². The van der Waals surface area contributed by atoms with Crippen LogP contribution in [0.5, 0.6) is 0 Å². The predicted molar refractivity (Wildman–Crippen MR) is 65.5 cm³/mol. The molecule has 1 aromatic heterocycles. The van der Waals surface area contributed by atoms with E-state index in [-0.39, 0.29) is 6.54 Å². The standard InChI is InChI=1S/C10H9ClN2O2S/c1-5-2-6(11)3-7-9(5)13-10(16-7)12-4-8(14)15/h2-3H,4H2,1H3,(H,12,13)(H,14,15). The Morgan fingerprint density at radius 3 is 3.06 bits per heavy atom. The first kappa shape index (κ1) is 11.2. The topological polar surface area (TPSA) is 62.2 Å². The van der Waals surface area contributed by atoms with Crippen LogP contribution in [0.25, 0.3) is 10.2 Å². The van der Waals surface area contributed by atoms with Gasteiger partial charge in [0.15, 0.2) is 5.13 Å². The first-order valence-electron chi connectivity index (χ1n) is 4.58. The van der Waals surface area contributed by atoms with Crippen molar-refractivity contribution in [3.8, 4) is 0 Å². The molecule has 0 aliphatic rings. The van der Waals surface area contributed by atoms with Crippen molar-refractivity contribution >= 4 is 44.3 Å². The average molecular weight is 257 g/mol. The molecule has 0 aliphatic carbocycles. The third kappa shape index (κ3) is 2.25. The van der Waals surface area contributed by atoms with Gasteiger partial charge in [-0.3, -0.25) is 4.79 Å². The van der Waals surface area contributed by atoms with E-state index in [0.29, 0.717) is 10.2 Å². The van der Waals surface area contributed by atoms with Gasteiger partial charge in [0.2, 0.25) is 0 Å². The number of aliphatic carboxylic acids is 1. The highest BCUT2D eigenvalue weighted by molar-refractivity contribution is 7.22. The number of nitrogens with zero attached hydrogens (tertiary/aromatic N) is 1. The number of hydrogen-bond donors (Lipinski definition) is 2. The van der Waals surface area contributed by atoms with E-state index in [9.17, 15) is 4.79 Å². The molecule has 2 aromatic rings. The van der Waals surface area contributed by atoms with Crippen LogP contribution in [0.15, 0.2) is 12.1 Å². The van der Waals surface area contributed by atoms with Gasteiger partial charge in [-0.2, -0.15) is 0 Å². The molecular formula is C10H9ClN2O2S. The number of benzene rings is 1. The lowest BCUT2D eigenvalue weighted by Gasteiger charge is -1.95. The smallest absolute Gasteiger partial charge is 0.322 e. The summed E-state index contributed by atoms with van der Waals surface area (Å²) >= 11 is 7.32. The molecule has 0 unspecified atom stereocenters. The van der Waals surface area contributed by atoms with E-state index in [1.807, 2.05) is 19.1 Å². The van der Waals surface area contributed by atoms with Gasteiger partial charge in [-0.1, -0.05) is 22.9 Å². The lowest BCUT2D eigenvalue weighted by molar-refractivity contribution is -0.134. The maximum Gasteiger partial charge on any atom is 0.322 e. The zero-order valence-corrected chi connectivity index (χ0v) is 10.0. The van der Waals surface area contributed by atoms with Crippen molar-refractivity contribution in [3.05, 3.63) is 22.7 Å².